The van der Waals surface area contributed by atoms with E-state index < -0.39 is 5.91 Å². The summed E-state index contributed by atoms with van der Waals surface area (Å²) in [6, 6.07) is 18.3. The van der Waals surface area contributed by atoms with Gasteiger partial charge in [0.1, 0.15) is 17.2 Å². The Morgan fingerprint density at radius 2 is 1.83 bits per heavy atom. The molecule has 0 bridgehead atoms. The highest BCUT2D eigenvalue weighted by Gasteiger charge is 2.28. The number of aryl methyl sites for hydroxylation is 1. The second-order valence-corrected chi connectivity index (χ2v) is 8.51. The molecular weight excluding hydrogens is 456 g/mol. The monoisotopic (exact) mass is 482 g/mol. The number of hydrazone groups is 1. The molecule has 8 heteroatoms. The number of carbonyl (C=O) groups is 2. The maximum Gasteiger partial charge on any atom is 0.291 e. The highest BCUT2D eigenvalue weighted by atomic mass is 16.5. The third-order valence-corrected chi connectivity index (χ3v) is 6.08. The van der Waals surface area contributed by atoms with Crippen molar-refractivity contribution < 1.29 is 18.7 Å². The van der Waals surface area contributed by atoms with Crippen molar-refractivity contribution in [3.63, 3.8) is 0 Å². The molecule has 0 aliphatic heterocycles. The molecule has 8 nitrogen and oxygen atoms in total. The molecule has 4 aromatic rings. The molecule has 182 valence electrons. The van der Waals surface area contributed by atoms with Gasteiger partial charge in [-0.2, -0.15) is 5.10 Å². The van der Waals surface area contributed by atoms with Gasteiger partial charge in [0, 0.05) is 28.6 Å². The van der Waals surface area contributed by atoms with E-state index in [0.29, 0.717) is 42.2 Å². The number of ether oxygens (including phenoxy) is 1. The molecule has 0 fully saturated rings. The first-order valence-electron chi connectivity index (χ1n) is 11.9. The Morgan fingerprint density at radius 3 is 2.64 bits per heavy atom. The van der Waals surface area contributed by atoms with E-state index in [1.807, 2.05) is 44.2 Å². The Bertz CT molecular complexity index is 1470. The van der Waals surface area contributed by atoms with Crippen LogP contribution in [0.4, 0.5) is 5.69 Å². The summed E-state index contributed by atoms with van der Waals surface area (Å²) in [4.78, 5) is 30.1. The molecular formula is C28H26N4O4. The second-order valence-electron chi connectivity index (χ2n) is 8.51. The lowest BCUT2D eigenvalue weighted by Gasteiger charge is -2.13. The molecule has 0 saturated carbocycles. The lowest BCUT2D eigenvalue weighted by Crippen LogP contribution is -2.23. The van der Waals surface area contributed by atoms with Crippen molar-refractivity contribution in [2.45, 2.75) is 33.1 Å². The van der Waals surface area contributed by atoms with Crippen LogP contribution in [0.15, 0.2) is 70.2 Å². The van der Waals surface area contributed by atoms with Crippen LogP contribution in [0.3, 0.4) is 0 Å². The number of carbonyl (C=O) groups excluding carboxylic acids is 2. The van der Waals surface area contributed by atoms with Crippen molar-refractivity contribution in [3.05, 3.63) is 89.0 Å². The average molecular weight is 483 g/mol. The number of hydrogen-bond acceptors (Lipinski definition) is 6. The minimum atomic E-state index is -0.394. The summed E-state index contributed by atoms with van der Waals surface area (Å²) in [7, 11) is 0. The maximum absolute atomic E-state index is 13.0. The van der Waals surface area contributed by atoms with Gasteiger partial charge in [-0.3, -0.25) is 9.59 Å². The van der Waals surface area contributed by atoms with Gasteiger partial charge in [0.15, 0.2) is 5.76 Å². The lowest BCUT2D eigenvalue weighted by molar-refractivity contribution is 0.0949. The first-order valence-corrected chi connectivity index (χ1v) is 11.9. The summed E-state index contributed by atoms with van der Waals surface area (Å²) < 4.78 is 11.4. The topological polar surface area (TPSA) is 106 Å². The highest BCUT2D eigenvalue weighted by Crippen LogP contribution is 2.30. The summed E-state index contributed by atoms with van der Waals surface area (Å²) in [6.07, 6.45) is 2.17. The van der Waals surface area contributed by atoms with E-state index in [9.17, 15) is 9.59 Å². The van der Waals surface area contributed by atoms with Gasteiger partial charge in [-0.1, -0.05) is 24.3 Å². The lowest BCUT2D eigenvalue weighted by atomic mass is 9.93. The van der Waals surface area contributed by atoms with E-state index in [1.54, 1.807) is 30.3 Å². The first-order chi connectivity index (χ1) is 17.5. The Hall–Kier alpha value is -4.46. The molecule has 2 aromatic heterocycles. The van der Waals surface area contributed by atoms with Gasteiger partial charge in [-0.25, -0.2) is 10.4 Å². The van der Waals surface area contributed by atoms with Crippen LogP contribution < -0.4 is 15.5 Å². The number of rotatable bonds is 6. The molecule has 0 unspecified atom stereocenters. The van der Waals surface area contributed by atoms with E-state index in [1.165, 1.54) is 0 Å². The van der Waals surface area contributed by atoms with Gasteiger partial charge in [-0.05, 0) is 63.1 Å². The Morgan fingerprint density at radius 1 is 1.03 bits per heavy atom. The van der Waals surface area contributed by atoms with Crippen LogP contribution in [-0.4, -0.2) is 29.1 Å². The number of pyridine rings is 1. The number of para-hydroxylation sites is 1. The fourth-order valence-corrected chi connectivity index (χ4v) is 4.35. The smallest absolute Gasteiger partial charge is 0.291 e. The van der Waals surface area contributed by atoms with Crippen molar-refractivity contribution in [3.8, 4) is 5.75 Å². The van der Waals surface area contributed by atoms with Crippen molar-refractivity contribution in [1.29, 1.82) is 0 Å². The number of aromatic nitrogens is 1. The van der Waals surface area contributed by atoms with E-state index in [0.717, 1.165) is 28.6 Å². The Kier molecular flexibility index (Phi) is 6.49. The Balaban J connectivity index is 1.34. The normalized spacial score (nSPS) is 13.9. The van der Waals surface area contributed by atoms with Crippen molar-refractivity contribution in [2.75, 3.05) is 11.9 Å². The van der Waals surface area contributed by atoms with Crippen LogP contribution in [0.25, 0.3) is 10.9 Å². The van der Waals surface area contributed by atoms with Crippen LogP contribution in [0.1, 0.15) is 57.7 Å². The van der Waals surface area contributed by atoms with E-state index >= 15 is 0 Å². The number of amides is 2. The van der Waals surface area contributed by atoms with Gasteiger partial charge in [0.25, 0.3) is 11.8 Å². The van der Waals surface area contributed by atoms with Crippen molar-refractivity contribution in [1.82, 2.24) is 10.4 Å². The zero-order chi connectivity index (χ0) is 25.1. The van der Waals surface area contributed by atoms with E-state index in [2.05, 4.69) is 20.8 Å². The predicted octanol–water partition coefficient (Wildman–Crippen LogP) is 5.26. The standard InChI is InChI=1S/C28H26N4O4/c1-3-35-20-14-12-19(13-15-20)29-28(34)26-17(2)25-22(9-6-10-24(25)36-26)31-32-27(33)23-16-11-18-7-4-5-8-21(18)30-23/h4-5,7-8,11-16H,3,6,9-10H2,1-2H3,(H,29,34)(H,32,33)/b31-22+. The minimum Gasteiger partial charge on any atom is -0.494 e. The molecule has 0 radical (unpaired) electrons. The first kappa shape index (κ1) is 23.3. The predicted molar refractivity (Wildman–Crippen MR) is 138 cm³/mol. The number of benzene rings is 2. The minimum absolute atomic E-state index is 0.242. The molecule has 2 aromatic carbocycles. The molecule has 36 heavy (non-hydrogen) atoms. The molecule has 1 aliphatic carbocycles. The molecule has 2 N–H and O–H groups in total. The number of anilines is 1. The molecule has 2 amide bonds. The average Bonchev–Trinajstić information content (AvgIpc) is 3.25. The van der Waals surface area contributed by atoms with Crippen LogP contribution in [0, 0.1) is 6.92 Å². The van der Waals surface area contributed by atoms with E-state index in [4.69, 9.17) is 9.15 Å². The largest absolute Gasteiger partial charge is 0.494 e. The fourth-order valence-electron chi connectivity index (χ4n) is 4.35. The van der Waals surface area contributed by atoms with Gasteiger partial charge < -0.3 is 14.5 Å². The van der Waals surface area contributed by atoms with Gasteiger partial charge in [-0.15, -0.1) is 0 Å². The van der Waals surface area contributed by atoms with Crippen LogP contribution in [0.2, 0.25) is 0 Å². The third kappa shape index (κ3) is 4.70. The SMILES string of the molecule is CCOc1ccc(NC(=O)c2oc3c(c2C)/C(=N/NC(=O)c2ccc4ccccc4n2)CCC3)cc1. The summed E-state index contributed by atoms with van der Waals surface area (Å²) in [5, 5.41) is 8.23. The molecule has 5 rings (SSSR count). The second kappa shape index (κ2) is 10.0. The van der Waals surface area contributed by atoms with Crippen molar-refractivity contribution >= 4 is 34.1 Å². The van der Waals surface area contributed by atoms with Crippen LogP contribution in [-0.2, 0) is 6.42 Å². The number of furan rings is 1. The van der Waals surface area contributed by atoms with Gasteiger partial charge >= 0.3 is 0 Å². The van der Waals surface area contributed by atoms with Crippen molar-refractivity contribution in [2.24, 2.45) is 5.10 Å². The maximum atomic E-state index is 13.0. The summed E-state index contributed by atoms with van der Waals surface area (Å²) >= 11 is 0. The fraction of sp³-hybridized carbons (Fsp3) is 0.214. The molecule has 0 spiro atoms. The zero-order valence-electron chi connectivity index (χ0n) is 20.1. The highest BCUT2D eigenvalue weighted by molar-refractivity contribution is 6.09. The molecule has 0 saturated heterocycles. The van der Waals surface area contributed by atoms with Crippen LogP contribution >= 0.6 is 0 Å². The zero-order valence-corrected chi connectivity index (χ0v) is 20.1. The molecule has 2 heterocycles. The molecule has 0 atom stereocenters. The number of hydrogen-bond donors (Lipinski definition) is 2. The quantitative estimate of drug-likeness (QED) is 0.365. The number of nitrogens with one attached hydrogen (secondary N) is 2. The van der Waals surface area contributed by atoms with Gasteiger partial charge in [0.05, 0.1) is 17.8 Å². The Labute approximate surface area is 208 Å². The summed E-state index contributed by atoms with van der Waals surface area (Å²) in [5.74, 6) is 0.949. The van der Waals surface area contributed by atoms with E-state index in [-0.39, 0.29) is 17.4 Å². The van der Waals surface area contributed by atoms with Gasteiger partial charge in [0.2, 0.25) is 0 Å². The summed E-state index contributed by atoms with van der Waals surface area (Å²) in [6.45, 7) is 4.33. The third-order valence-electron chi connectivity index (χ3n) is 6.08. The number of nitrogens with zero attached hydrogens (tertiary/aromatic N) is 2. The summed E-state index contributed by atoms with van der Waals surface area (Å²) in [5.41, 5.74) is 6.46. The number of fused-ring (bicyclic) bond motifs is 2. The molecule has 1 aliphatic rings. The van der Waals surface area contributed by atoms with Crippen LogP contribution in [0.5, 0.6) is 5.75 Å².